The fourth-order valence-corrected chi connectivity index (χ4v) is 0.990. The molecule has 4 heteroatoms. The minimum absolute atomic E-state index is 0.122. The molecule has 1 aromatic rings. The summed E-state index contributed by atoms with van der Waals surface area (Å²) in [5.41, 5.74) is 6.33. The Morgan fingerprint density at radius 3 is 2.92 bits per heavy atom. The first kappa shape index (κ1) is 9.51. The highest BCUT2D eigenvalue weighted by Gasteiger charge is 2.09. The van der Waals surface area contributed by atoms with Crippen LogP contribution in [0.4, 0.5) is 5.69 Å². The average molecular weight is 180 g/mol. The number of hydrogen-bond acceptors (Lipinski definition) is 4. The van der Waals surface area contributed by atoms with Crippen molar-refractivity contribution < 1.29 is 9.53 Å². The molecule has 0 bridgehead atoms. The molecule has 70 valence electrons. The van der Waals surface area contributed by atoms with E-state index in [4.69, 9.17) is 10.5 Å². The molecule has 0 unspecified atom stereocenters. The predicted molar refractivity (Wildman–Crippen MR) is 49.8 cm³/mol. The van der Waals surface area contributed by atoms with Gasteiger partial charge >= 0.3 is 0 Å². The predicted octanol–water partition coefficient (Wildman–Crippen LogP) is 1.27. The number of pyridine rings is 1. The van der Waals surface area contributed by atoms with Crippen molar-refractivity contribution in [3.8, 4) is 5.75 Å². The summed E-state index contributed by atoms with van der Waals surface area (Å²) >= 11 is 0. The molecule has 0 aliphatic rings. The topological polar surface area (TPSA) is 65.2 Å². The van der Waals surface area contributed by atoms with Crippen molar-refractivity contribution in [3.63, 3.8) is 0 Å². The SMILES string of the molecule is CCOc1cc(N)cnc1C(C)=O. The maximum Gasteiger partial charge on any atom is 0.181 e. The van der Waals surface area contributed by atoms with Gasteiger partial charge in [-0.2, -0.15) is 0 Å². The fraction of sp³-hybridized carbons (Fsp3) is 0.333. The minimum Gasteiger partial charge on any atom is -0.491 e. The molecule has 2 N–H and O–H groups in total. The van der Waals surface area contributed by atoms with E-state index in [1.165, 1.54) is 13.1 Å². The van der Waals surface area contributed by atoms with Crippen LogP contribution < -0.4 is 10.5 Å². The lowest BCUT2D eigenvalue weighted by Gasteiger charge is -2.06. The Balaban J connectivity index is 3.10. The summed E-state index contributed by atoms with van der Waals surface area (Å²) in [5, 5.41) is 0. The van der Waals surface area contributed by atoms with E-state index in [1.807, 2.05) is 6.92 Å². The van der Waals surface area contributed by atoms with Gasteiger partial charge in [0.25, 0.3) is 0 Å². The van der Waals surface area contributed by atoms with Crippen molar-refractivity contribution in [2.75, 3.05) is 12.3 Å². The highest BCUT2D eigenvalue weighted by atomic mass is 16.5. The molecule has 13 heavy (non-hydrogen) atoms. The Morgan fingerprint density at radius 1 is 1.69 bits per heavy atom. The van der Waals surface area contributed by atoms with E-state index in [0.29, 0.717) is 23.7 Å². The maximum atomic E-state index is 11.1. The van der Waals surface area contributed by atoms with Crippen LogP contribution in [0.15, 0.2) is 12.3 Å². The highest BCUT2D eigenvalue weighted by molar-refractivity contribution is 5.95. The number of rotatable bonds is 3. The van der Waals surface area contributed by atoms with Crippen LogP contribution in [0.1, 0.15) is 24.3 Å². The molecule has 0 aliphatic carbocycles. The normalized spacial score (nSPS) is 9.69. The van der Waals surface area contributed by atoms with E-state index >= 15 is 0 Å². The number of ether oxygens (including phenoxy) is 1. The van der Waals surface area contributed by atoms with Gasteiger partial charge in [0.1, 0.15) is 5.69 Å². The largest absolute Gasteiger partial charge is 0.491 e. The van der Waals surface area contributed by atoms with Crippen LogP contribution in [-0.2, 0) is 0 Å². The first-order valence-corrected chi connectivity index (χ1v) is 4.04. The van der Waals surface area contributed by atoms with Gasteiger partial charge in [-0.3, -0.25) is 4.79 Å². The molecule has 0 saturated carbocycles. The molecule has 0 aromatic carbocycles. The monoisotopic (exact) mass is 180 g/mol. The zero-order chi connectivity index (χ0) is 9.84. The number of nitrogen functional groups attached to an aromatic ring is 1. The number of nitrogens with zero attached hydrogens (tertiary/aromatic N) is 1. The first-order chi connectivity index (χ1) is 6.15. The molecule has 0 atom stereocenters. The third-order valence-electron chi connectivity index (χ3n) is 1.51. The van der Waals surface area contributed by atoms with Crippen molar-refractivity contribution in [2.24, 2.45) is 0 Å². The summed E-state index contributed by atoms with van der Waals surface area (Å²) in [6.45, 7) is 3.78. The Bertz CT molecular complexity index is 323. The standard InChI is InChI=1S/C9H12N2O2/c1-3-13-8-4-7(10)5-11-9(8)6(2)12/h4-5H,3,10H2,1-2H3. The van der Waals surface area contributed by atoms with Gasteiger partial charge in [-0.15, -0.1) is 0 Å². The van der Waals surface area contributed by atoms with Gasteiger partial charge in [0.2, 0.25) is 0 Å². The lowest BCUT2D eigenvalue weighted by molar-refractivity contribution is 0.100. The third-order valence-corrected chi connectivity index (χ3v) is 1.51. The van der Waals surface area contributed by atoms with Crippen molar-refractivity contribution >= 4 is 11.5 Å². The number of carbonyl (C=O) groups is 1. The van der Waals surface area contributed by atoms with Crippen LogP contribution in [0.25, 0.3) is 0 Å². The van der Waals surface area contributed by atoms with Crippen LogP contribution in [0.5, 0.6) is 5.75 Å². The fourth-order valence-electron chi connectivity index (χ4n) is 0.990. The second-order valence-electron chi connectivity index (χ2n) is 2.60. The molecule has 0 spiro atoms. The molecule has 0 amide bonds. The number of Topliss-reactive ketones (excluding diaryl/α,β-unsaturated/α-hetero) is 1. The van der Waals surface area contributed by atoms with Gasteiger partial charge in [0.05, 0.1) is 18.5 Å². The van der Waals surface area contributed by atoms with Crippen LogP contribution in [0.2, 0.25) is 0 Å². The van der Waals surface area contributed by atoms with Crippen LogP contribution in [-0.4, -0.2) is 17.4 Å². The molecule has 1 aromatic heterocycles. The second kappa shape index (κ2) is 3.89. The number of anilines is 1. The van der Waals surface area contributed by atoms with Crippen molar-refractivity contribution in [1.82, 2.24) is 4.98 Å². The van der Waals surface area contributed by atoms with Crippen LogP contribution in [0.3, 0.4) is 0 Å². The molecule has 0 radical (unpaired) electrons. The Morgan fingerprint density at radius 2 is 2.38 bits per heavy atom. The zero-order valence-electron chi connectivity index (χ0n) is 7.70. The van der Waals surface area contributed by atoms with Crippen molar-refractivity contribution in [2.45, 2.75) is 13.8 Å². The molecule has 1 rings (SSSR count). The lowest BCUT2D eigenvalue weighted by Crippen LogP contribution is -2.04. The molecular weight excluding hydrogens is 168 g/mol. The third kappa shape index (κ3) is 2.18. The molecule has 4 nitrogen and oxygen atoms in total. The van der Waals surface area contributed by atoms with E-state index in [9.17, 15) is 4.79 Å². The van der Waals surface area contributed by atoms with Crippen LogP contribution >= 0.6 is 0 Å². The molecular formula is C9H12N2O2. The molecule has 0 fully saturated rings. The minimum atomic E-state index is -0.122. The summed E-state index contributed by atoms with van der Waals surface area (Å²) in [7, 11) is 0. The van der Waals surface area contributed by atoms with Crippen molar-refractivity contribution in [3.05, 3.63) is 18.0 Å². The first-order valence-electron chi connectivity index (χ1n) is 4.04. The maximum absolute atomic E-state index is 11.1. The number of aromatic nitrogens is 1. The van der Waals surface area contributed by atoms with E-state index in [1.54, 1.807) is 6.07 Å². The summed E-state index contributed by atoms with van der Waals surface area (Å²) < 4.78 is 5.22. The van der Waals surface area contributed by atoms with Gasteiger partial charge in [0, 0.05) is 13.0 Å². The summed E-state index contributed by atoms with van der Waals surface area (Å²) in [6.07, 6.45) is 1.44. The van der Waals surface area contributed by atoms with Gasteiger partial charge < -0.3 is 10.5 Å². The number of hydrogen-bond donors (Lipinski definition) is 1. The summed E-state index contributed by atoms with van der Waals surface area (Å²) in [4.78, 5) is 15.0. The number of ketones is 1. The van der Waals surface area contributed by atoms with E-state index in [2.05, 4.69) is 4.98 Å². The molecule has 0 saturated heterocycles. The Labute approximate surface area is 76.7 Å². The van der Waals surface area contributed by atoms with E-state index in [0.717, 1.165) is 0 Å². The smallest absolute Gasteiger partial charge is 0.181 e. The number of carbonyl (C=O) groups excluding carboxylic acids is 1. The van der Waals surface area contributed by atoms with E-state index in [-0.39, 0.29) is 5.78 Å². The Hall–Kier alpha value is -1.58. The van der Waals surface area contributed by atoms with Gasteiger partial charge in [0.15, 0.2) is 11.5 Å². The van der Waals surface area contributed by atoms with Crippen LogP contribution in [0, 0.1) is 0 Å². The highest BCUT2D eigenvalue weighted by Crippen LogP contribution is 2.19. The van der Waals surface area contributed by atoms with Crippen molar-refractivity contribution in [1.29, 1.82) is 0 Å². The quantitative estimate of drug-likeness (QED) is 0.711. The van der Waals surface area contributed by atoms with Gasteiger partial charge in [-0.05, 0) is 6.92 Å². The van der Waals surface area contributed by atoms with Gasteiger partial charge in [-0.25, -0.2) is 4.98 Å². The average Bonchev–Trinajstić information content (AvgIpc) is 2.04. The Kier molecular flexibility index (Phi) is 2.84. The van der Waals surface area contributed by atoms with E-state index < -0.39 is 0 Å². The summed E-state index contributed by atoms with van der Waals surface area (Å²) in [5.74, 6) is 0.332. The summed E-state index contributed by atoms with van der Waals surface area (Å²) in [6, 6.07) is 1.60. The van der Waals surface area contributed by atoms with Gasteiger partial charge in [-0.1, -0.05) is 0 Å². The zero-order valence-corrected chi connectivity index (χ0v) is 7.70. The second-order valence-corrected chi connectivity index (χ2v) is 2.60. The molecule has 0 aliphatic heterocycles. The molecule has 1 heterocycles. The lowest BCUT2D eigenvalue weighted by atomic mass is 10.2. The number of nitrogens with two attached hydrogens (primary N) is 1.